The summed E-state index contributed by atoms with van der Waals surface area (Å²) in [6.07, 6.45) is 4.55. The second-order valence-corrected chi connectivity index (χ2v) is 6.95. The number of nitriles is 1. The third-order valence-corrected chi connectivity index (χ3v) is 4.87. The molecular weight excluding hydrogens is 282 g/mol. The summed E-state index contributed by atoms with van der Waals surface area (Å²) in [7, 11) is 0. The van der Waals surface area contributed by atoms with Gasteiger partial charge in [-0.05, 0) is 45.2 Å². The van der Waals surface area contributed by atoms with E-state index < -0.39 is 0 Å². The van der Waals surface area contributed by atoms with Gasteiger partial charge in [-0.15, -0.1) is 0 Å². The zero-order chi connectivity index (χ0) is 15.4. The fourth-order valence-corrected chi connectivity index (χ4v) is 3.66. The van der Waals surface area contributed by atoms with Crippen LogP contribution in [0.4, 0.5) is 0 Å². The molecule has 1 heterocycles. The molecule has 1 N–H and O–H groups in total. The quantitative estimate of drug-likeness (QED) is 0.868. The van der Waals surface area contributed by atoms with Crippen molar-refractivity contribution in [2.24, 2.45) is 0 Å². The fraction of sp³-hybridized carbons (Fsp3) is 0.562. The van der Waals surface area contributed by atoms with Crippen molar-refractivity contribution in [3.8, 4) is 6.07 Å². The Bertz CT molecular complexity index is 574. The molecule has 0 saturated heterocycles. The van der Waals surface area contributed by atoms with Gasteiger partial charge in [0.25, 0.3) is 0 Å². The van der Waals surface area contributed by atoms with Crippen LogP contribution in [-0.2, 0) is 4.79 Å². The van der Waals surface area contributed by atoms with E-state index in [0.29, 0.717) is 16.6 Å². The van der Waals surface area contributed by atoms with E-state index in [9.17, 15) is 10.1 Å². The van der Waals surface area contributed by atoms with Gasteiger partial charge in [0, 0.05) is 11.7 Å². The van der Waals surface area contributed by atoms with Gasteiger partial charge in [0.05, 0.1) is 10.8 Å². The number of carbonyl (C=O) groups excluding carboxylic acids is 1. The number of nitrogens with one attached hydrogen (secondary N) is 1. The molecule has 1 atom stereocenters. The smallest absolute Gasteiger partial charge is 0.233 e. The first kappa shape index (κ1) is 15.8. The average Bonchev–Trinajstić information content (AvgIpc) is 2.91. The highest BCUT2D eigenvalue weighted by molar-refractivity contribution is 8.00. The van der Waals surface area contributed by atoms with Gasteiger partial charge in [-0.2, -0.15) is 5.26 Å². The van der Waals surface area contributed by atoms with Crippen molar-refractivity contribution < 1.29 is 4.79 Å². The van der Waals surface area contributed by atoms with Crippen molar-refractivity contribution in [2.75, 3.05) is 0 Å². The molecule has 0 bridgehead atoms. The fourth-order valence-electron chi connectivity index (χ4n) is 2.63. The minimum absolute atomic E-state index is 0.0387. The Hall–Kier alpha value is -1.54. The molecule has 21 heavy (non-hydrogen) atoms. The predicted molar refractivity (Wildman–Crippen MR) is 84.1 cm³/mol. The van der Waals surface area contributed by atoms with Gasteiger partial charge in [0.2, 0.25) is 5.91 Å². The second-order valence-electron chi connectivity index (χ2n) is 5.62. The summed E-state index contributed by atoms with van der Waals surface area (Å²) >= 11 is 1.37. The third kappa shape index (κ3) is 3.98. The first-order chi connectivity index (χ1) is 10.0. The first-order valence-corrected chi connectivity index (χ1v) is 8.24. The molecule has 0 unspecified atom stereocenters. The van der Waals surface area contributed by atoms with Crippen LogP contribution in [0.1, 0.15) is 49.4 Å². The van der Waals surface area contributed by atoms with E-state index in [4.69, 9.17) is 0 Å². The minimum Gasteiger partial charge on any atom is -0.352 e. The lowest BCUT2D eigenvalue weighted by atomic mass is 10.1. The summed E-state index contributed by atoms with van der Waals surface area (Å²) in [6, 6.07) is 4.41. The van der Waals surface area contributed by atoms with Crippen molar-refractivity contribution in [1.82, 2.24) is 10.3 Å². The SMILES string of the molecule is Cc1cc(C)c(C#N)c(S[C@@H](C)C(=O)NC2CCCC2)n1. The van der Waals surface area contributed by atoms with Gasteiger partial charge in [-0.1, -0.05) is 24.6 Å². The number of thioether (sulfide) groups is 1. The van der Waals surface area contributed by atoms with E-state index in [1.165, 1.54) is 24.6 Å². The summed E-state index contributed by atoms with van der Waals surface area (Å²) in [5.74, 6) is 0.0387. The lowest BCUT2D eigenvalue weighted by Crippen LogP contribution is -2.37. The molecule has 0 aromatic carbocycles. The molecule has 1 aliphatic rings. The third-order valence-electron chi connectivity index (χ3n) is 3.78. The van der Waals surface area contributed by atoms with Crippen LogP contribution >= 0.6 is 11.8 Å². The van der Waals surface area contributed by atoms with Crippen LogP contribution in [0.5, 0.6) is 0 Å². The van der Waals surface area contributed by atoms with Crippen molar-refractivity contribution in [1.29, 1.82) is 5.26 Å². The Kier molecular flexibility index (Phi) is 5.24. The summed E-state index contributed by atoms with van der Waals surface area (Å²) < 4.78 is 0. The molecule has 1 aliphatic carbocycles. The van der Waals surface area contributed by atoms with Crippen LogP contribution in [0.25, 0.3) is 0 Å². The van der Waals surface area contributed by atoms with Crippen molar-refractivity contribution in [3.63, 3.8) is 0 Å². The molecule has 112 valence electrons. The molecule has 4 nitrogen and oxygen atoms in total. The summed E-state index contributed by atoms with van der Waals surface area (Å²) in [4.78, 5) is 16.6. The number of aromatic nitrogens is 1. The topological polar surface area (TPSA) is 65.8 Å². The Labute approximate surface area is 130 Å². The number of hydrogen-bond donors (Lipinski definition) is 1. The lowest BCUT2D eigenvalue weighted by Gasteiger charge is -2.17. The normalized spacial score (nSPS) is 16.5. The highest BCUT2D eigenvalue weighted by Gasteiger charge is 2.23. The van der Waals surface area contributed by atoms with E-state index in [1.807, 2.05) is 26.8 Å². The summed E-state index contributed by atoms with van der Waals surface area (Å²) in [5, 5.41) is 12.8. The average molecular weight is 303 g/mol. The Morgan fingerprint density at radius 2 is 2.14 bits per heavy atom. The molecule has 2 rings (SSSR count). The molecule has 1 amide bonds. The van der Waals surface area contributed by atoms with Crippen LogP contribution in [-0.4, -0.2) is 22.2 Å². The highest BCUT2D eigenvalue weighted by Crippen LogP contribution is 2.28. The minimum atomic E-state index is -0.244. The van der Waals surface area contributed by atoms with Crippen LogP contribution in [0.15, 0.2) is 11.1 Å². The number of pyridine rings is 1. The van der Waals surface area contributed by atoms with E-state index >= 15 is 0 Å². The molecule has 0 spiro atoms. The van der Waals surface area contributed by atoms with Gasteiger partial charge in [-0.3, -0.25) is 4.79 Å². The van der Waals surface area contributed by atoms with Crippen LogP contribution in [0.2, 0.25) is 0 Å². The lowest BCUT2D eigenvalue weighted by molar-refractivity contribution is -0.120. The van der Waals surface area contributed by atoms with E-state index in [0.717, 1.165) is 24.1 Å². The molecule has 0 aliphatic heterocycles. The molecular formula is C16H21N3OS. The van der Waals surface area contributed by atoms with Crippen molar-refractivity contribution in [3.05, 3.63) is 22.9 Å². The zero-order valence-electron chi connectivity index (χ0n) is 12.8. The molecule has 1 fully saturated rings. The molecule has 1 aromatic heterocycles. The van der Waals surface area contributed by atoms with Crippen LogP contribution in [0, 0.1) is 25.2 Å². The van der Waals surface area contributed by atoms with Crippen molar-refractivity contribution >= 4 is 17.7 Å². The molecule has 1 saturated carbocycles. The molecule has 1 aromatic rings. The highest BCUT2D eigenvalue weighted by atomic mass is 32.2. The van der Waals surface area contributed by atoms with Crippen molar-refractivity contribution in [2.45, 2.75) is 62.8 Å². The number of amides is 1. The second kappa shape index (κ2) is 6.95. The first-order valence-electron chi connectivity index (χ1n) is 7.36. The Morgan fingerprint density at radius 3 is 2.76 bits per heavy atom. The van der Waals surface area contributed by atoms with Crippen LogP contribution < -0.4 is 5.32 Å². The summed E-state index contributed by atoms with van der Waals surface area (Å²) in [6.45, 7) is 5.68. The van der Waals surface area contributed by atoms with E-state index in [1.54, 1.807) is 0 Å². The Morgan fingerprint density at radius 1 is 1.48 bits per heavy atom. The maximum absolute atomic E-state index is 12.2. The van der Waals surface area contributed by atoms with Crippen LogP contribution in [0.3, 0.4) is 0 Å². The van der Waals surface area contributed by atoms with Gasteiger partial charge in [-0.25, -0.2) is 4.98 Å². The standard InChI is InChI=1S/C16H21N3OS/c1-10-8-11(2)18-16(14(10)9-17)21-12(3)15(20)19-13-6-4-5-7-13/h8,12-13H,4-7H2,1-3H3,(H,19,20)/t12-/m0/s1. The number of rotatable bonds is 4. The van der Waals surface area contributed by atoms with Gasteiger partial charge in [0.15, 0.2) is 0 Å². The van der Waals surface area contributed by atoms with Gasteiger partial charge < -0.3 is 5.32 Å². The number of aryl methyl sites for hydroxylation is 2. The number of carbonyl (C=O) groups is 1. The van der Waals surface area contributed by atoms with Gasteiger partial charge >= 0.3 is 0 Å². The largest absolute Gasteiger partial charge is 0.352 e. The molecule has 0 radical (unpaired) electrons. The number of nitrogens with zero attached hydrogens (tertiary/aromatic N) is 2. The van der Waals surface area contributed by atoms with E-state index in [-0.39, 0.29) is 11.2 Å². The Balaban J connectivity index is 2.06. The maximum Gasteiger partial charge on any atom is 0.233 e. The summed E-state index contributed by atoms with van der Waals surface area (Å²) in [5.41, 5.74) is 2.36. The maximum atomic E-state index is 12.2. The predicted octanol–water partition coefficient (Wildman–Crippen LogP) is 3.11. The zero-order valence-corrected chi connectivity index (χ0v) is 13.6. The monoisotopic (exact) mass is 303 g/mol. The number of hydrogen-bond acceptors (Lipinski definition) is 4. The van der Waals surface area contributed by atoms with Gasteiger partial charge in [0.1, 0.15) is 11.1 Å². The molecule has 5 heteroatoms. The van der Waals surface area contributed by atoms with E-state index in [2.05, 4.69) is 16.4 Å².